The van der Waals surface area contributed by atoms with Crippen LogP contribution in [-0.2, 0) is 13.0 Å². The summed E-state index contributed by atoms with van der Waals surface area (Å²) in [5, 5.41) is 0. The van der Waals surface area contributed by atoms with E-state index < -0.39 is 0 Å². The van der Waals surface area contributed by atoms with Crippen molar-refractivity contribution < 1.29 is 4.57 Å². The van der Waals surface area contributed by atoms with Gasteiger partial charge in [-0.15, -0.1) is 0 Å². The van der Waals surface area contributed by atoms with Crippen LogP contribution in [0.5, 0.6) is 0 Å². The summed E-state index contributed by atoms with van der Waals surface area (Å²) in [4.78, 5) is 0. The van der Waals surface area contributed by atoms with Crippen LogP contribution in [0.25, 0.3) is 0 Å². The molecular formula is C37H70N+. The molecule has 0 saturated heterocycles. The third kappa shape index (κ3) is 24.2. The van der Waals surface area contributed by atoms with Gasteiger partial charge in [-0.05, 0) is 25.3 Å². The summed E-state index contributed by atoms with van der Waals surface area (Å²) in [6, 6.07) is 4.60. The summed E-state index contributed by atoms with van der Waals surface area (Å²) in [6.45, 7) is 5.81. The Balaban J connectivity index is 1.87. The molecule has 0 aromatic carbocycles. The molecule has 0 aliphatic rings. The zero-order valence-electron chi connectivity index (χ0n) is 26.5. The topological polar surface area (TPSA) is 3.88 Å². The van der Waals surface area contributed by atoms with E-state index in [9.17, 15) is 0 Å². The molecule has 0 amide bonds. The van der Waals surface area contributed by atoms with Crippen LogP contribution in [0.1, 0.15) is 199 Å². The predicted molar refractivity (Wildman–Crippen MR) is 171 cm³/mol. The van der Waals surface area contributed by atoms with Crippen molar-refractivity contribution in [2.75, 3.05) is 0 Å². The summed E-state index contributed by atoms with van der Waals surface area (Å²) in [7, 11) is 0. The molecule has 38 heavy (non-hydrogen) atoms. The van der Waals surface area contributed by atoms with Crippen molar-refractivity contribution in [1.82, 2.24) is 0 Å². The number of aryl methyl sites for hydroxylation is 2. The van der Waals surface area contributed by atoms with Crippen molar-refractivity contribution in [3.8, 4) is 0 Å². The highest BCUT2D eigenvalue weighted by atomic mass is 14.9. The Morgan fingerprint density at radius 2 is 0.763 bits per heavy atom. The first-order chi connectivity index (χ1) is 18.9. The van der Waals surface area contributed by atoms with E-state index in [2.05, 4.69) is 42.9 Å². The largest absolute Gasteiger partial charge is 0.205 e. The molecule has 1 nitrogen and oxygen atoms in total. The number of hydrogen-bond donors (Lipinski definition) is 0. The van der Waals surface area contributed by atoms with E-state index in [-0.39, 0.29) is 0 Å². The minimum Gasteiger partial charge on any atom is -0.205 e. The number of pyridine rings is 1. The lowest BCUT2D eigenvalue weighted by atomic mass is 10.0. The van der Waals surface area contributed by atoms with Gasteiger partial charge in [-0.3, -0.25) is 0 Å². The monoisotopic (exact) mass is 529 g/mol. The molecule has 1 rings (SSSR count). The fourth-order valence-electron chi connectivity index (χ4n) is 5.88. The van der Waals surface area contributed by atoms with Gasteiger partial charge in [0.1, 0.15) is 6.54 Å². The Morgan fingerprint density at radius 1 is 0.421 bits per heavy atom. The fraction of sp³-hybridized carbons (Fsp3) is 0.865. The lowest BCUT2D eigenvalue weighted by Gasteiger charge is -2.04. The first-order valence-electron chi connectivity index (χ1n) is 17.8. The van der Waals surface area contributed by atoms with Gasteiger partial charge in [-0.1, -0.05) is 174 Å². The molecule has 0 unspecified atom stereocenters. The minimum atomic E-state index is 1.20. The minimum absolute atomic E-state index is 1.20. The molecule has 0 bridgehead atoms. The van der Waals surface area contributed by atoms with Crippen LogP contribution < -0.4 is 4.57 Å². The first kappa shape index (κ1) is 35.2. The van der Waals surface area contributed by atoms with Crippen LogP contribution >= 0.6 is 0 Å². The summed E-state index contributed by atoms with van der Waals surface area (Å²) >= 11 is 0. The standard InChI is InChI=1S/C37H70N/c1-3-5-7-9-11-13-15-17-18-19-20-22-24-26-28-30-34-38-35-31-33-37(36-38)32-29-27-25-23-21-16-14-12-10-8-6-4-2/h31,33,35-36H,3-30,32,34H2,1-2H3/q+1. The van der Waals surface area contributed by atoms with Gasteiger partial charge in [0, 0.05) is 18.1 Å². The maximum Gasteiger partial charge on any atom is 0.171 e. The van der Waals surface area contributed by atoms with Gasteiger partial charge in [0.25, 0.3) is 0 Å². The first-order valence-corrected chi connectivity index (χ1v) is 17.8. The molecule has 0 aliphatic carbocycles. The lowest BCUT2D eigenvalue weighted by Crippen LogP contribution is -2.33. The summed E-state index contributed by atoms with van der Waals surface area (Å²) in [5.74, 6) is 0. The highest BCUT2D eigenvalue weighted by Gasteiger charge is 2.03. The van der Waals surface area contributed by atoms with Crippen LogP contribution in [0.4, 0.5) is 0 Å². The van der Waals surface area contributed by atoms with E-state index in [1.807, 2.05) is 0 Å². The summed E-state index contributed by atoms with van der Waals surface area (Å²) < 4.78 is 2.44. The molecule has 0 radical (unpaired) electrons. The van der Waals surface area contributed by atoms with Crippen molar-refractivity contribution in [2.24, 2.45) is 0 Å². The maximum atomic E-state index is 2.44. The highest BCUT2D eigenvalue weighted by molar-refractivity contribution is 5.05. The van der Waals surface area contributed by atoms with Crippen LogP contribution in [0.3, 0.4) is 0 Å². The van der Waals surface area contributed by atoms with Crippen molar-refractivity contribution in [2.45, 2.75) is 207 Å². The summed E-state index contributed by atoms with van der Waals surface area (Å²) in [6.07, 6.45) is 46.3. The number of unbranched alkanes of at least 4 members (excludes halogenated alkanes) is 26. The van der Waals surface area contributed by atoms with Crippen LogP contribution in [-0.4, -0.2) is 0 Å². The second-order valence-electron chi connectivity index (χ2n) is 12.4. The zero-order chi connectivity index (χ0) is 27.2. The van der Waals surface area contributed by atoms with Gasteiger partial charge in [0.2, 0.25) is 0 Å². The van der Waals surface area contributed by atoms with Crippen LogP contribution in [0.15, 0.2) is 24.5 Å². The molecule has 0 aliphatic heterocycles. The number of rotatable bonds is 30. The van der Waals surface area contributed by atoms with Crippen LogP contribution in [0.2, 0.25) is 0 Å². The number of nitrogens with zero attached hydrogens (tertiary/aromatic N) is 1. The van der Waals surface area contributed by atoms with Gasteiger partial charge in [-0.25, -0.2) is 4.57 Å². The second-order valence-corrected chi connectivity index (χ2v) is 12.4. The average Bonchev–Trinajstić information content (AvgIpc) is 2.93. The molecule has 0 saturated carbocycles. The van der Waals surface area contributed by atoms with E-state index in [0.29, 0.717) is 0 Å². The zero-order valence-corrected chi connectivity index (χ0v) is 26.5. The Labute approximate surface area is 241 Å². The fourth-order valence-corrected chi connectivity index (χ4v) is 5.88. The molecule has 1 heteroatoms. The van der Waals surface area contributed by atoms with Gasteiger partial charge in [-0.2, -0.15) is 0 Å². The summed E-state index contributed by atoms with van der Waals surface area (Å²) in [5.41, 5.74) is 1.54. The molecule has 0 spiro atoms. The predicted octanol–water partition coefficient (Wildman–Crippen LogP) is 12.5. The number of aromatic nitrogens is 1. The van der Waals surface area contributed by atoms with Crippen molar-refractivity contribution in [1.29, 1.82) is 0 Å². The Morgan fingerprint density at radius 3 is 1.16 bits per heavy atom. The molecule has 0 fully saturated rings. The normalized spacial score (nSPS) is 11.4. The van der Waals surface area contributed by atoms with Crippen molar-refractivity contribution >= 4 is 0 Å². The second kappa shape index (κ2) is 29.1. The molecule has 1 aromatic heterocycles. The van der Waals surface area contributed by atoms with Crippen molar-refractivity contribution in [3.63, 3.8) is 0 Å². The van der Waals surface area contributed by atoms with E-state index in [1.165, 1.54) is 198 Å². The van der Waals surface area contributed by atoms with Gasteiger partial charge in [0.15, 0.2) is 12.4 Å². The smallest absolute Gasteiger partial charge is 0.171 e. The molecule has 0 N–H and O–H groups in total. The molecule has 1 aromatic rings. The third-order valence-electron chi connectivity index (χ3n) is 8.51. The molecular weight excluding hydrogens is 458 g/mol. The Bertz CT molecular complexity index is 580. The van der Waals surface area contributed by atoms with Gasteiger partial charge < -0.3 is 0 Å². The van der Waals surface area contributed by atoms with E-state index in [4.69, 9.17) is 0 Å². The SMILES string of the molecule is CCCCCCCCCCCCCCCCCC[n+]1cccc(CCCCCCCCCCCCCC)c1. The van der Waals surface area contributed by atoms with E-state index in [1.54, 1.807) is 0 Å². The average molecular weight is 529 g/mol. The third-order valence-corrected chi connectivity index (χ3v) is 8.51. The van der Waals surface area contributed by atoms with Crippen LogP contribution in [0, 0.1) is 0 Å². The highest BCUT2D eigenvalue weighted by Crippen LogP contribution is 2.15. The van der Waals surface area contributed by atoms with E-state index in [0.717, 1.165) is 0 Å². The molecule has 222 valence electrons. The molecule has 0 atom stereocenters. The van der Waals surface area contributed by atoms with Gasteiger partial charge >= 0.3 is 0 Å². The quantitative estimate of drug-likeness (QED) is 0.0690. The lowest BCUT2D eigenvalue weighted by molar-refractivity contribution is -0.697. The Kier molecular flexibility index (Phi) is 27.0. The molecule has 1 heterocycles. The Hall–Kier alpha value is -0.850. The van der Waals surface area contributed by atoms with Gasteiger partial charge in [0.05, 0.1) is 0 Å². The maximum absolute atomic E-state index is 2.44. The number of hydrogen-bond acceptors (Lipinski definition) is 0. The van der Waals surface area contributed by atoms with E-state index >= 15 is 0 Å². The van der Waals surface area contributed by atoms with Crippen molar-refractivity contribution in [3.05, 3.63) is 30.1 Å².